The Labute approximate surface area is 165 Å². The van der Waals surface area contributed by atoms with E-state index in [1.54, 1.807) is 13.3 Å². The fourth-order valence-electron chi connectivity index (χ4n) is 3.01. The molecule has 1 amide bonds. The zero-order valence-electron chi connectivity index (χ0n) is 16.0. The number of rotatable bonds is 9. The van der Waals surface area contributed by atoms with Crippen LogP contribution in [0.5, 0.6) is 0 Å². The summed E-state index contributed by atoms with van der Waals surface area (Å²) in [7, 11) is 1.69. The minimum absolute atomic E-state index is 0.0833. The van der Waals surface area contributed by atoms with Crippen LogP contribution in [0.2, 0.25) is 0 Å². The predicted molar refractivity (Wildman–Crippen MR) is 113 cm³/mol. The van der Waals surface area contributed by atoms with Gasteiger partial charge in [-0.3, -0.25) is 4.79 Å². The number of anilines is 2. The van der Waals surface area contributed by atoms with Gasteiger partial charge in [0.2, 0.25) is 5.91 Å². The monoisotopic (exact) mass is 375 g/mol. The van der Waals surface area contributed by atoms with E-state index in [4.69, 9.17) is 4.74 Å². The van der Waals surface area contributed by atoms with E-state index in [0.717, 1.165) is 29.9 Å². The van der Waals surface area contributed by atoms with E-state index in [0.29, 0.717) is 12.3 Å². The highest BCUT2D eigenvalue weighted by atomic mass is 16.5. The molecule has 0 aliphatic rings. The average Bonchev–Trinajstić information content (AvgIpc) is 2.74. The summed E-state index contributed by atoms with van der Waals surface area (Å²) in [6.07, 6.45) is 2.58. The number of aromatic nitrogens is 1. The first-order valence-corrected chi connectivity index (χ1v) is 9.37. The number of benzene rings is 2. The summed E-state index contributed by atoms with van der Waals surface area (Å²) in [5.41, 5.74) is 2.58. The van der Waals surface area contributed by atoms with Crippen molar-refractivity contribution in [1.29, 1.82) is 0 Å². The molecular weight excluding hydrogens is 350 g/mol. The molecule has 2 aromatic carbocycles. The number of amides is 1. The number of hydrogen-bond acceptors (Lipinski definition) is 4. The van der Waals surface area contributed by atoms with Crippen LogP contribution in [-0.4, -0.2) is 31.2 Å². The molecule has 28 heavy (non-hydrogen) atoms. The van der Waals surface area contributed by atoms with E-state index >= 15 is 0 Å². The summed E-state index contributed by atoms with van der Waals surface area (Å²) in [5, 5.41) is 6.22. The van der Waals surface area contributed by atoms with Crippen LogP contribution in [0.4, 0.5) is 11.5 Å². The average molecular weight is 375 g/mol. The molecule has 0 bridgehead atoms. The van der Waals surface area contributed by atoms with E-state index < -0.39 is 0 Å². The van der Waals surface area contributed by atoms with Gasteiger partial charge in [0.1, 0.15) is 5.82 Å². The Morgan fingerprint density at radius 1 is 0.964 bits per heavy atom. The molecule has 3 aromatic rings. The molecule has 0 spiro atoms. The molecule has 5 heteroatoms. The summed E-state index contributed by atoms with van der Waals surface area (Å²) in [4.78, 5) is 17.4. The lowest BCUT2D eigenvalue weighted by molar-refractivity contribution is -0.116. The van der Waals surface area contributed by atoms with Crippen molar-refractivity contribution >= 4 is 17.4 Å². The topological polar surface area (TPSA) is 63.2 Å². The first-order valence-electron chi connectivity index (χ1n) is 9.37. The number of ether oxygens (including phenoxy) is 1. The number of methoxy groups -OCH3 is 1. The number of nitrogens with zero attached hydrogens (tertiary/aromatic N) is 1. The van der Waals surface area contributed by atoms with Gasteiger partial charge in [0, 0.05) is 20.3 Å². The van der Waals surface area contributed by atoms with Gasteiger partial charge in [0.05, 0.1) is 17.8 Å². The second-order valence-electron chi connectivity index (χ2n) is 6.45. The van der Waals surface area contributed by atoms with Crippen LogP contribution >= 0.6 is 0 Å². The molecule has 0 unspecified atom stereocenters. The quantitative estimate of drug-likeness (QED) is 0.547. The van der Waals surface area contributed by atoms with Crippen molar-refractivity contribution in [2.75, 3.05) is 30.9 Å². The van der Waals surface area contributed by atoms with Crippen molar-refractivity contribution in [2.24, 2.45) is 0 Å². The normalized spacial score (nSPS) is 10.6. The van der Waals surface area contributed by atoms with Gasteiger partial charge in [-0.25, -0.2) is 4.98 Å². The number of hydrogen-bond donors (Lipinski definition) is 2. The maximum atomic E-state index is 13.1. The molecule has 144 valence electrons. The van der Waals surface area contributed by atoms with Crippen molar-refractivity contribution in [3.63, 3.8) is 0 Å². The lowest BCUT2D eigenvalue weighted by Gasteiger charge is -2.18. The molecule has 0 aliphatic heterocycles. The van der Waals surface area contributed by atoms with Crippen LogP contribution in [-0.2, 0) is 9.53 Å². The van der Waals surface area contributed by atoms with Gasteiger partial charge in [-0.1, -0.05) is 60.7 Å². The highest BCUT2D eigenvalue weighted by Crippen LogP contribution is 2.26. The van der Waals surface area contributed by atoms with E-state index in [-0.39, 0.29) is 11.8 Å². The van der Waals surface area contributed by atoms with Crippen molar-refractivity contribution in [1.82, 2.24) is 4.98 Å². The van der Waals surface area contributed by atoms with E-state index in [2.05, 4.69) is 15.6 Å². The molecule has 1 aromatic heterocycles. The Morgan fingerprint density at radius 3 is 2.14 bits per heavy atom. The standard InChI is InChI=1S/C23H25N3O2/c1-28-16-8-15-24-21-14-13-20(17-25-21)26-23(27)22(18-9-4-2-5-10-18)19-11-6-3-7-12-19/h2-7,9-14,17,22H,8,15-16H2,1H3,(H,24,25)(H,26,27). The van der Waals surface area contributed by atoms with E-state index in [9.17, 15) is 4.79 Å². The molecule has 0 saturated carbocycles. The van der Waals surface area contributed by atoms with Crippen molar-refractivity contribution in [3.05, 3.63) is 90.1 Å². The van der Waals surface area contributed by atoms with Crippen molar-refractivity contribution < 1.29 is 9.53 Å². The largest absolute Gasteiger partial charge is 0.385 e. The highest BCUT2D eigenvalue weighted by molar-refractivity contribution is 5.98. The molecular formula is C23H25N3O2. The Hall–Kier alpha value is -3.18. The molecule has 0 atom stereocenters. The minimum atomic E-state index is -0.380. The number of carbonyl (C=O) groups is 1. The minimum Gasteiger partial charge on any atom is -0.385 e. The Morgan fingerprint density at radius 2 is 1.61 bits per heavy atom. The summed E-state index contributed by atoms with van der Waals surface area (Å²) in [6.45, 7) is 1.50. The number of nitrogens with one attached hydrogen (secondary N) is 2. The van der Waals surface area contributed by atoms with Crippen LogP contribution < -0.4 is 10.6 Å². The van der Waals surface area contributed by atoms with Gasteiger partial charge in [0.25, 0.3) is 0 Å². The molecule has 0 radical (unpaired) electrons. The Balaban J connectivity index is 1.70. The zero-order chi connectivity index (χ0) is 19.6. The van der Waals surface area contributed by atoms with Gasteiger partial charge in [0.15, 0.2) is 0 Å². The summed E-state index contributed by atoms with van der Waals surface area (Å²) in [6, 6.07) is 23.3. The second-order valence-corrected chi connectivity index (χ2v) is 6.45. The molecule has 0 saturated heterocycles. The summed E-state index contributed by atoms with van der Waals surface area (Å²) >= 11 is 0. The van der Waals surface area contributed by atoms with Gasteiger partial charge in [-0.2, -0.15) is 0 Å². The maximum absolute atomic E-state index is 13.1. The summed E-state index contributed by atoms with van der Waals surface area (Å²) in [5.74, 6) is 0.311. The van der Waals surface area contributed by atoms with E-state index in [1.807, 2.05) is 72.8 Å². The third-order valence-corrected chi connectivity index (χ3v) is 4.39. The number of pyridine rings is 1. The van der Waals surface area contributed by atoms with Crippen LogP contribution in [0.1, 0.15) is 23.5 Å². The van der Waals surface area contributed by atoms with E-state index in [1.165, 1.54) is 0 Å². The molecule has 0 aliphatic carbocycles. The van der Waals surface area contributed by atoms with Crippen LogP contribution in [0.15, 0.2) is 79.0 Å². The fraction of sp³-hybridized carbons (Fsp3) is 0.217. The fourth-order valence-corrected chi connectivity index (χ4v) is 3.01. The van der Waals surface area contributed by atoms with Crippen LogP contribution in [0.3, 0.4) is 0 Å². The molecule has 2 N–H and O–H groups in total. The van der Waals surface area contributed by atoms with Gasteiger partial charge in [-0.15, -0.1) is 0 Å². The molecule has 0 fully saturated rings. The van der Waals surface area contributed by atoms with Crippen molar-refractivity contribution in [3.8, 4) is 0 Å². The third-order valence-electron chi connectivity index (χ3n) is 4.39. The summed E-state index contributed by atoms with van der Waals surface area (Å²) < 4.78 is 5.03. The van der Waals surface area contributed by atoms with Gasteiger partial charge >= 0.3 is 0 Å². The Bertz CT molecular complexity index is 813. The highest BCUT2D eigenvalue weighted by Gasteiger charge is 2.22. The number of carbonyl (C=O) groups excluding carboxylic acids is 1. The first kappa shape index (κ1) is 19.6. The zero-order valence-corrected chi connectivity index (χ0v) is 16.0. The van der Waals surface area contributed by atoms with Crippen LogP contribution in [0.25, 0.3) is 0 Å². The first-order chi connectivity index (χ1) is 13.8. The second kappa shape index (κ2) is 10.2. The maximum Gasteiger partial charge on any atom is 0.236 e. The molecule has 3 rings (SSSR count). The van der Waals surface area contributed by atoms with Crippen molar-refractivity contribution in [2.45, 2.75) is 12.3 Å². The predicted octanol–water partition coefficient (Wildman–Crippen LogP) is 4.30. The van der Waals surface area contributed by atoms with Crippen LogP contribution in [0, 0.1) is 0 Å². The molecule has 1 heterocycles. The van der Waals surface area contributed by atoms with Gasteiger partial charge < -0.3 is 15.4 Å². The third kappa shape index (κ3) is 5.41. The molecule has 5 nitrogen and oxygen atoms in total. The lowest BCUT2D eigenvalue weighted by atomic mass is 9.90. The smallest absolute Gasteiger partial charge is 0.236 e. The lowest BCUT2D eigenvalue weighted by Crippen LogP contribution is -2.22. The Kier molecular flexibility index (Phi) is 7.15. The SMILES string of the molecule is COCCCNc1ccc(NC(=O)C(c2ccccc2)c2ccccc2)cn1. The van der Waals surface area contributed by atoms with Gasteiger partial charge in [-0.05, 0) is 29.7 Å².